The van der Waals surface area contributed by atoms with Gasteiger partial charge in [0.15, 0.2) is 0 Å². The van der Waals surface area contributed by atoms with Gasteiger partial charge in [0.1, 0.15) is 6.29 Å². The van der Waals surface area contributed by atoms with E-state index in [0.717, 1.165) is 10.8 Å². The molecule has 0 aliphatic heterocycles. The van der Waals surface area contributed by atoms with Crippen molar-refractivity contribution in [1.82, 2.24) is 9.55 Å². The zero-order valence-electron chi connectivity index (χ0n) is 8.39. The second kappa shape index (κ2) is 4.57. The van der Waals surface area contributed by atoms with Gasteiger partial charge in [0.2, 0.25) is 0 Å². The molecule has 4 nitrogen and oxygen atoms in total. The van der Waals surface area contributed by atoms with Gasteiger partial charge in [0.25, 0.3) is 5.56 Å². The largest absolute Gasteiger partial charge is 0.303 e. The first-order chi connectivity index (χ1) is 7.72. The van der Waals surface area contributed by atoms with Gasteiger partial charge >= 0.3 is 0 Å². The van der Waals surface area contributed by atoms with Crippen LogP contribution in [0.25, 0.3) is 10.9 Å². The summed E-state index contributed by atoms with van der Waals surface area (Å²) < 4.78 is 2.29. The second-order valence-electron chi connectivity index (χ2n) is 3.36. The number of rotatable bonds is 3. The van der Waals surface area contributed by atoms with Gasteiger partial charge in [-0.15, -0.1) is 0 Å². The number of halogens is 1. The van der Waals surface area contributed by atoms with Crippen LogP contribution in [0.1, 0.15) is 6.42 Å². The van der Waals surface area contributed by atoms with Crippen molar-refractivity contribution in [3.63, 3.8) is 0 Å². The average Bonchev–Trinajstić information content (AvgIpc) is 2.29. The van der Waals surface area contributed by atoms with Gasteiger partial charge in [-0.05, 0) is 18.2 Å². The molecule has 16 heavy (non-hydrogen) atoms. The standard InChI is InChI=1S/C11H9BrN2O2/c12-8-2-3-10-9(6-8)11(16)14(7-13-10)4-1-5-15/h2-3,5-7H,1,4H2. The van der Waals surface area contributed by atoms with Gasteiger partial charge in [0, 0.05) is 17.4 Å². The Balaban J connectivity index is 2.59. The third kappa shape index (κ3) is 2.04. The van der Waals surface area contributed by atoms with Crippen molar-refractivity contribution in [2.24, 2.45) is 0 Å². The third-order valence-electron chi connectivity index (χ3n) is 2.27. The Morgan fingerprint density at radius 2 is 2.25 bits per heavy atom. The molecule has 1 heterocycles. The molecule has 82 valence electrons. The molecule has 0 radical (unpaired) electrons. The summed E-state index contributed by atoms with van der Waals surface area (Å²) in [7, 11) is 0. The van der Waals surface area contributed by atoms with E-state index in [2.05, 4.69) is 20.9 Å². The van der Waals surface area contributed by atoms with Crippen LogP contribution in [0, 0.1) is 0 Å². The quantitative estimate of drug-likeness (QED) is 0.805. The minimum absolute atomic E-state index is 0.117. The molecule has 1 aromatic carbocycles. The first-order valence-electron chi connectivity index (χ1n) is 4.80. The molecule has 2 aromatic rings. The molecule has 0 unspecified atom stereocenters. The van der Waals surface area contributed by atoms with Gasteiger partial charge in [-0.25, -0.2) is 4.98 Å². The third-order valence-corrected chi connectivity index (χ3v) is 2.77. The molecular formula is C11H9BrN2O2. The summed E-state index contributed by atoms with van der Waals surface area (Å²) in [5.41, 5.74) is 0.545. The Morgan fingerprint density at radius 3 is 3.00 bits per heavy atom. The summed E-state index contributed by atoms with van der Waals surface area (Å²) in [4.78, 5) is 26.4. The number of hydrogen-bond donors (Lipinski definition) is 0. The van der Waals surface area contributed by atoms with E-state index >= 15 is 0 Å². The molecule has 0 spiro atoms. The van der Waals surface area contributed by atoms with E-state index < -0.39 is 0 Å². The smallest absolute Gasteiger partial charge is 0.261 e. The Hall–Kier alpha value is -1.49. The summed E-state index contributed by atoms with van der Waals surface area (Å²) >= 11 is 3.31. The zero-order valence-corrected chi connectivity index (χ0v) is 9.98. The summed E-state index contributed by atoms with van der Waals surface area (Å²) in [5.74, 6) is 0. The normalized spacial score (nSPS) is 10.6. The van der Waals surface area contributed by atoms with E-state index in [1.165, 1.54) is 10.9 Å². The van der Waals surface area contributed by atoms with Crippen LogP contribution in [0.5, 0.6) is 0 Å². The number of benzene rings is 1. The first kappa shape index (κ1) is 11.0. The summed E-state index contributed by atoms with van der Waals surface area (Å²) in [6.45, 7) is 0.373. The van der Waals surface area contributed by atoms with Gasteiger partial charge in [0.05, 0.1) is 17.2 Å². The Labute approximate surface area is 100 Å². The van der Waals surface area contributed by atoms with Crippen LogP contribution in [0.15, 0.2) is 33.8 Å². The maximum absolute atomic E-state index is 12.0. The second-order valence-corrected chi connectivity index (χ2v) is 4.28. The Kier molecular flexibility index (Phi) is 3.14. The van der Waals surface area contributed by atoms with Crippen molar-refractivity contribution in [2.75, 3.05) is 0 Å². The number of aldehydes is 1. The molecule has 0 aliphatic rings. The lowest BCUT2D eigenvalue weighted by Crippen LogP contribution is -2.20. The van der Waals surface area contributed by atoms with E-state index in [0.29, 0.717) is 23.9 Å². The molecule has 0 saturated heterocycles. The fourth-order valence-corrected chi connectivity index (χ4v) is 1.84. The zero-order chi connectivity index (χ0) is 11.5. The maximum Gasteiger partial charge on any atom is 0.261 e. The minimum atomic E-state index is -0.117. The van der Waals surface area contributed by atoms with Crippen LogP contribution in [0.4, 0.5) is 0 Å². The molecule has 0 fully saturated rings. The van der Waals surface area contributed by atoms with Crippen LogP contribution < -0.4 is 5.56 Å². The molecule has 0 aliphatic carbocycles. The van der Waals surface area contributed by atoms with E-state index in [4.69, 9.17) is 0 Å². The number of fused-ring (bicyclic) bond motifs is 1. The van der Waals surface area contributed by atoms with Crippen LogP contribution >= 0.6 is 15.9 Å². The van der Waals surface area contributed by atoms with Crippen molar-refractivity contribution in [3.05, 3.63) is 39.4 Å². The highest BCUT2D eigenvalue weighted by Crippen LogP contribution is 2.14. The van der Waals surface area contributed by atoms with Crippen LogP contribution in [-0.2, 0) is 11.3 Å². The fourth-order valence-electron chi connectivity index (χ4n) is 1.48. The first-order valence-corrected chi connectivity index (χ1v) is 5.60. The highest BCUT2D eigenvalue weighted by molar-refractivity contribution is 9.10. The monoisotopic (exact) mass is 280 g/mol. The summed E-state index contributed by atoms with van der Waals surface area (Å²) in [6.07, 6.45) is 2.58. The van der Waals surface area contributed by atoms with E-state index in [9.17, 15) is 9.59 Å². The minimum Gasteiger partial charge on any atom is -0.303 e. The SMILES string of the molecule is O=CCCn1cnc2ccc(Br)cc2c1=O. The predicted octanol–water partition coefficient (Wildman–Crippen LogP) is 1.75. The van der Waals surface area contributed by atoms with Crippen LogP contribution in [0.2, 0.25) is 0 Å². The highest BCUT2D eigenvalue weighted by Gasteiger charge is 2.03. The van der Waals surface area contributed by atoms with Crippen LogP contribution in [-0.4, -0.2) is 15.8 Å². The number of carbonyl (C=O) groups is 1. The fraction of sp³-hybridized carbons (Fsp3) is 0.182. The molecule has 0 saturated carbocycles. The molecule has 0 bridgehead atoms. The van der Waals surface area contributed by atoms with E-state index in [1.807, 2.05) is 6.07 Å². The van der Waals surface area contributed by atoms with Crippen molar-refractivity contribution in [2.45, 2.75) is 13.0 Å². The van der Waals surface area contributed by atoms with E-state index in [-0.39, 0.29) is 5.56 Å². The van der Waals surface area contributed by atoms with Crippen LogP contribution in [0.3, 0.4) is 0 Å². The molecule has 0 amide bonds. The number of aryl methyl sites for hydroxylation is 1. The number of hydrogen-bond acceptors (Lipinski definition) is 3. The van der Waals surface area contributed by atoms with Gasteiger partial charge in [-0.2, -0.15) is 0 Å². The topological polar surface area (TPSA) is 52.0 Å². The molecule has 0 atom stereocenters. The lowest BCUT2D eigenvalue weighted by Gasteiger charge is -2.04. The Bertz CT molecular complexity index is 592. The number of nitrogens with zero attached hydrogens (tertiary/aromatic N) is 2. The maximum atomic E-state index is 12.0. The van der Waals surface area contributed by atoms with Gasteiger partial charge in [-0.3, -0.25) is 9.36 Å². The molecule has 0 N–H and O–H groups in total. The Morgan fingerprint density at radius 1 is 1.44 bits per heavy atom. The number of aromatic nitrogens is 2. The molecular weight excluding hydrogens is 272 g/mol. The molecule has 2 rings (SSSR count). The van der Waals surface area contributed by atoms with Crippen molar-refractivity contribution in [3.8, 4) is 0 Å². The summed E-state index contributed by atoms with van der Waals surface area (Å²) in [6, 6.07) is 5.36. The lowest BCUT2D eigenvalue weighted by molar-refractivity contribution is -0.108. The molecule has 5 heteroatoms. The summed E-state index contributed by atoms with van der Waals surface area (Å²) in [5, 5.41) is 0.558. The van der Waals surface area contributed by atoms with E-state index in [1.54, 1.807) is 12.1 Å². The van der Waals surface area contributed by atoms with Gasteiger partial charge in [-0.1, -0.05) is 15.9 Å². The predicted molar refractivity (Wildman–Crippen MR) is 64.4 cm³/mol. The van der Waals surface area contributed by atoms with Crippen molar-refractivity contribution >= 4 is 33.1 Å². The highest BCUT2D eigenvalue weighted by atomic mass is 79.9. The van der Waals surface area contributed by atoms with Crippen molar-refractivity contribution in [1.29, 1.82) is 0 Å². The average molecular weight is 281 g/mol. The lowest BCUT2D eigenvalue weighted by atomic mass is 10.2. The number of carbonyl (C=O) groups excluding carboxylic acids is 1. The molecule has 1 aromatic heterocycles. The van der Waals surface area contributed by atoms with Gasteiger partial charge < -0.3 is 4.79 Å². The van der Waals surface area contributed by atoms with Crippen molar-refractivity contribution < 1.29 is 4.79 Å².